The number of hydrogen-bond donors (Lipinski definition) is 0. The van der Waals surface area contributed by atoms with Crippen molar-refractivity contribution < 1.29 is 4.57 Å². The van der Waals surface area contributed by atoms with E-state index in [9.17, 15) is 4.57 Å². The Bertz CT molecular complexity index is 42.2. The zero-order valence-electron chi connectivity index (χ0n) is 2.93. The molecule has 0 aromatic carbocycles. The lowest BCUT2D eigenvalue weighted by Gasteiger charge is -1.54. The Morgan fingerprint density at radius 1 is 2.00 bits per heavy atom. The molecule has 0 aromatic heterocycles. The van der Waals surface area contributed by atoms with Gasteiger partial charge in [0.05, 0.1) is 0 Å². The molecule has 0 rings (SSSR count). The first-order chi connectivity index (χ1) is 2.27. The summed E-state index contributed by atoms with van der Waals surface area (Å²) in [6.07, 6.45) is 0. The van der Waals surface area contributed by atoms with Crippen molar-refractivity contribution in [3.63, 3.8) is 0 Å². The number of rotatable bonds is 1. The second kappa shape index (κ2) is 3.16. The molecule has 0 bridgehead atoms. The molecule has 3 unspecified atom stereocenters. The predicted molar refractivity (Wildman–Crippen MR) is 31.6 cm³/mol. The quantitative estimate of drug-likeness (QED) is 0.491. The summed E-state index contributed by atoms with van der Waals surface area (Å²) in [4.78, 5) is 0. The van der Waals surface area contributed by atoms with Crippen molar-refractivity contribution >= 4 is 24.4 Å². The summed E-state index contributed by atoms with van der Waals surface area (Å²) < 4.78 is 9.94. The molecule has 0 saturated carbocycles. The Kier molecular flexibility index (Phi) is 3.77. The van der Waals surface area contributed by atoms with Gasteiger partial charge in [0, 0.05) is 0 Å². The van der Waals surface area contributed by atoms with Crippen molar-refractivity contribution in [1.29, 1.82) is 0 Å². The highest BCUT2D eigenvalue weighted by Gasteiger charge is 1.94. The Morgan fingerprint density at radius 3 is 2.20 bits per heavy atom. The van der Waals surface area contributed by atoms with E-state index in [1.54, 1.807) is 0 Å². The smallest absolute Gasteiger partial charge is 0.0707 e. The first-order valence-electron chi connectivity index (χ1n) is 1.16. The van der Waals surface area contributed by atoms with Crippen LogP contribution in [0.3, 0.4) is 0 Å². The fraction of sp³-hybridized carbons (Fsp3) is 1.00. The van der Waals surface area contributed by atoms with Gasteiger partial charge in [-0.25, -0.2) is 0 Å². The third-order valence-corrected chi connectivity index (χ3v) is 4.31. The maximum atomic E-state index is 9.94. The molecule has 0 heterocycles. The highest BCUT2D eigenvalue weighted by molar-refractivity contribution is 8.41. The molecule has 0 aliphatic heterocycles. The Morgan fingerprint density at radius 2 is 2.20 bits per heavy atom. The van der Waals surface area contributed by atoms with E-state index in [2.05, 4.69) is 8.93 Å². The van der Waals surface area contributed by atoms with Crippen LogP contribution in [0.4, 0.5) is 0 Å². The van der Waals surface area contributed by atoms with Gasteiger partial charge < -0.3 is 0 Å². The van der Waals surface area contributed by atoms with Gasteiger partial charge in [-0.3, -0.25) is 0 Å². The molecule has 0 aliphatic carbocycles. The van der Waals surface area contributed by atoms with Crippen LogP contribution >= 0.6 is 24.4 Å². The average Bonchev–Trinajstić information content (AvgIpc) is 1.38. The lowest BCUT2D eigenvalue weighted by atomic mass is 12.0. The van der Waals surface area contributed by atoms with Crippen LogP contribution in [0.1, 0.15) is 0 Å². The van der Waals surface area contributed by atoms with Gasteiger partial charge >= 0.3 is 7.18 Å². The van der Waals surface area contributed by atoms with E-state index in [0.717, 1.165) is 0 Å². The standard InChI is InChI=1S/CH6OP3/c1-4-5(2)3/h4H,3H2,1H3/q+1. The summed E-state index contributed by atoms with van der Waals surface area (Å²) in [6, 6.07) is 0. The SMILES string of the molecule is CP[P+](=O)P. The summed E-state index contributed by atoms with van der Waals surface area (Å²) in [5, 5.41) is 0. The van der Waals surface area contributed by atoms with E-state index in [1.165, 1.54) is 0 Å². The maximum absolute atomic E-state index is 9.94. The summed E-state index contributed by atoms with van der Waals surface area (Å²) in [5.74, 6) is 0. The molecular formula is CH6OP3+. The average molecular weight is 127 g/mol. The van der Waals surface area contributed by atoms with Gasteiger partial charge in [0.25, 0.3) is 0 Å². The van der Waals surface area contributed by atoms with Gasteiger partial charge in [-0.15, -0.1) is 0 Å². The Balaban J connectivity index is 2.85. The zero-order valence-corrected chi connectivity index (χ0v) is 5.98. The summed E-state index contributed by atoms with van der Waals surface area (Å²) in [5.41, 5.74) is 0. The monoisotopic (exact) mass is 127 g/mol. The lowest BCUT2D eigenvalue weighted by Crippen LogP contribution is -1.15. The summed E-state index contributed by atoms with van der Waals surface area (Å²) in [7, 11) is 1.94. The van der Waals surface area contributed by atoms with E-state index in [1.807, 2.05) is 6.66 Å². The van der Waals surface area contributed by atoms with Crippen LogP contribution in [0.15, 0.2) is 0 Å². The van der Waals surface area contributed by atoms with Crippen molar-refractivity contribution in [2.75, 3.05) is 6.66 Å². The Hall–Kier alpha value is 0.960. The van der Waals surface area contributed by atoms with Crippen molar-refractivity contribution in [2.45, 2.75) is 0 Å². The number of hydrogen-bond acceptors (Lipinski definition) is 1. The fourth-order valence-corrected chi connectivity index (χ4v) is 0. The molecule has 3 atom stereocenters. The first-order valence-corrected chi connectivity index (χ1v) is 6.38. The zero-order chi connectivity index (χ0) is 4.28. The normalized spacial score (nSPS) is 13.6. The molecule has 0 radical (unpaired) electrons. The topological polar surface area (TPSA) is 17.1 Å². The maximum Gasteiger partial charge on any atom is 0.361 e. The molecule has 0 amide bonds. The van der Waals surface area contributed by atoms with Crippen LogP contribution in [0.5, 0.6) is 0 Å². The van der Waals surface area contributed by atoms with Gasteiger partial charge in [-0.05, 0) is 6.66 Å². The molecule has 0 N–H and O–H groups in total. The minimum atomic E-state index is -0.904. The van der Waals surface area contributed by atoms with Gasteiger partial charge in [0.2, 0.25) is 0 Å². The van der Waals surface area contributed by atoms with Gasteiger partial charge in [0.15, 0.2) is 0 Å². The third-order valence-electron chi connectivity index (χ3n) is 0.220. The highest BCUT2D eigenvalue weighted by Crippen LogP contribution is 2.48. The highest BCUT2D eigenvalue weighted by atomic mass is 32.4. The van der Waals surface area contributed by atoms with Crippen LogP contribution in [0, 0.1) is 0 Å². The van der Waals surface area contributed by atoms with Crippen LogP contribution < -0.4 is 0 Å². The van der Waals surface area contributed by atoms with Crippen molar-refractivity contribution in [3.8, 4) is 0 Å². The van der Waals surface area contributed by atoms with E-state index in [4.69, 9.17) is 0 Å². The lowest BCUT2D eigenvalue weighted by molar-refractivity contribution is 0.603. The molecule has 0 aliphatic rings. The second-order valence-electron chi connectivity index (χ2n) is 0.549. The molecular weight excluding hydrogens is 121 g/mol. The molecule has 0 fully saturated rings. The van der Waals surface area contributed by atoms with Crippen molar-refractivity contribution in [1.82, 2.24) is 0 Å². The molecule has 30 valence electrons. The molecule has 1 nitrogen and oxygen atoms in total. The van der Waals surface area contributed by atoms with E-state index >= 15 is 0 Å². The van der Waals surface area contributed by atoms with E-state index < -0.39 is 7.18 Å². The van der Waals surface area contributed by atoms with Crippen molar-refractivity contribution in [2.24, 2.45) is 0 Å². The summed E-state index contributed by atoms with van der Waals surface area (Å²) >= 11 is 0. The van der Waals surface area contributed by atoms with Crippen LogP contribution in [0.25, 0.3) is 0 Å². The Labute approximate surface area is 36.5 Å². The second-order valence-corrected chi connectivity index (χ2v) is 7.27. The minimum Gasteiger partial charge on any atom is -0.0707 e. The fourth-order valence-electron chi connectivity index (χ4n) is 0. The van der Waals surface area contributed by atoms with Crippen molar-refractivity contribution in [3.05, 3.63) is 0 Å². The molecule has 0 saturated heterocycles. The predicted octanol–water partition coefficient (Wildman–Crippen LogP) is 1.83. The van der Waals surface area contributed by atoms with Gasteiger partial charge in [-0.1, -0.05) is 4.57 Å². The van der Waals surface area contributed by atoms with E-state index in [-0.39, 0.29) is 0 Å². The van der Waals surface area contributed by atoms with Crippen LogP contribution in [0.2, 0.25) is 0 Å². The minimum absolute atomic E-state index is 0.586. The van der Waals surface area contributed by atoms with Gasteiger partial charge in [0.1, 0.15) is 17.2 Å². The molecule has 5 heavy (non-hydrogen) atoms. The summed E-state index contributed by atoms with van der Waals surface area (Å²) in [6.45, 7) is 1.92. The molecule has 4 heteroatoms. The molecule has 0 aromatic rings. The largest absolute Gasteiger partial charge is 0.361 e. The molecule has 0 spiro atoms. The van der Waals surface area contributed by atoms with Crippen LogP contribution in [-0.4, -0.2) is 6.66 Å². The van der Waals surface area contributed by atoms with Gasteiger partial charge in [-0.2, -0.15) is 0 Å². The van der Waals surface area contributed by atoms with Crippen LogP contribution in [-0.2, 0) is 4.57 Å². The van der Waals surface area contributed by atoms with E-state index in [0.29, 0.717) is 8.27 Å². The third kappa shape index (κ3) is 4.96. The first kappa shape index (κ1) is 5.96.